The highest BCUT2D eigenvalue weighted by atomic mass is 19.1. The number of alkyl halides is 1. The maximum absolute atomic E-state index is 12.8. The van der Waals surface area contributed by atoms with E-state index >= 15 is 0 Å². The highest BCUT2D eigenvalue weighted by molar-refractivity contribution is 5.97. The van der Waals surface area contributed by atoms with Crippen molar-refractivity contribution < 1.29 is 23.1 Å². The van der Waals surface area contributed by atoms with E-state index in [1.807, 2.05) is 31.2 Å². The van der Waals surface area contributed by atoms with E-state index in [9.17, 15) is 9.18 Å². The Morgan fingerprint density at radius 3 is 2.50 bits per heavy atom. The molecule has 0 aliphatic carbocycles. The number of carbonyl (C=O) groups is 1. The summed E-state index contributed by atoms with van der Waals surface area (Å²) < 4.78 is 30.3. The van der Waals surface area contributed by atoms with Gasteiger partial charge in [-0.3, -0.25) is 4.39 Å². The molecule has 0 atom stereocenters. The molecule has 3 rings (SSSR count). The first-order valence-corrected chi connectivity index (χ1v) is 12.0. The lowest BCUT2D eigenvalue weighted by Crippen LogP contribution is -2.05. The van der Waals surface area contributed by atoms with Gasteiger partial charge in [0, 0.05) is 29.0 Å². The summed E-state index contributed by atoms with van der Waals surface area (Å²) in [7, 11) is 0. The highest BCUT2D eigenvalue weighted by Gasteiger charge is 2.21. The van der Waals surface area contributed by atoms with Crippen molar-refractivity contribution in [3.05, 3.63) is 59.4 Å². The van der Waals surface area contributed by atoms with Crippen LogP contribution in [0.4, 0.5) is 4.39 Å². The zero-order chi connectivity index (χ0) is 24.8. The van der Waals surface area contributed by atoms with Crippen LogP contribution in [-0.2, 0) is 9.53 Å². The lowest BCUT2D eigenvalue weighted by Gasteiger charge is -2.21. The van der Waals surface area contributed by atoms with Gasteiger partial charge in [-0.15, -0.1) is 0 Å². The Labute approximate surface area is 201 Å². The predicted octanol–water partition coefficient (Wildman–Crippen LogP) is 8.05. The molecule has 0 N–H and O–H groups in total. The molecule has 0 saturated heterocycles. The van der Waals surface area contributed by atoms with Gasteiger partial charge in [0.15, 0.2) is 0 Å². The van der Waals surface area contributed by atoms with Gasteiger partial charge in [0.05, 0.1) is 19.9 Å². The molecule has 1 aromatic heterocycles. The summed E-state index contributed by atoms with van der Waals surface area (Å²) >= 11 is 0. The van der Waals surface area contributed by atoms with E-state index in [-0.39, 0.29) is 5.92 Å². The van der Waals surface area contributed by atoms with Crippen LogP contribution < -0.4 is 4.74 Å². The number of hydrogen-bond acceptors (Lipinski definition) is 4. The van der Waals surface area contributed by atoms with Gasteiger partial charge < -0.3 is 13.9 Å². The number of hydrogen-bond donors (Lipinski definition) is 0. The Morgan fingerprint density at radius 2 is 1.85 bits per heavy atom. The summed E-state index contributed by atoms with van der Waals surface area (Å²) in [4.78, 5) is 11.9. The fourth-order valence-corrected chi connectivity index (χ4v) is 3.93. The minimum absolute atomic E-state index is 0.235. The molecule has 0 amide bonds. The average molecular weight is 467 g/mol. The van der Waals surface area contributed by atoms with E-state index in [1.165, 1.54) is 11.6 Å². The minimum atomic E-state index is -0.417. The van der Waals surface area contributed by atoms with Crippen molar-refractivity contribution in [2.45, 2.75) is 59.8 Å². The second-order valence-electron chi connectivity index (χ2n) is 9.10. The van der Waals surface area contributed by atoms with Crippen molar-refractivity contribution in [2.24, 2.45) is 0 Å². The molecule has 0 bridgehead atoms. The van der Waals surface area contributed by atoms with E-state index in [0.29, 0.717) is 36.9 Å². The van der Waals surface area contributed by atoms with E-state index in [0.717, 1.165) is 33.4 Å². The van der Waals surface area contributed by atoms with Crippen molar-refractivity contribution >= 4 is 22.5 Å². The molecule has 2 aromatic carbocycles. The molecule has 5 heteroatoms. The van der Waals surface area contributed by atoms with Crippen molar-refractivity contribution in [3.8, 4) is 16.9 Å². The fourth-order valence-electron chi connectivity index (χ4n) is 3.93. The van der Waals surface area contributed by atoms with Crippen LogP contribution in [0.3, 0.4) is 0 Å². The third-order valence-electron chi connectivity index (χ3n) is 5.80. The molecule has 0 unspecified atom stereocenters. The zero-order valence-corrected chi connectivity index (χ0v) is 21.0. The Hall–Kier alpha value is -3.08. The highest BCUT2D eigenvalue weighted by Crippen LogP contribution is 2.43. The maximum atomic E-state index is 12.8. The molecule has 4 nitrogen and oxygen atoms in total. The van der Waals surface area contributed by atoms with Crippen LogP contribution in [0.25, 0.3) is 27.7 Å². The minimum Gasteiger partial charge on any atom is -0.493 e. The zero-order valence-electron chi connectivity index (χ0n) is 21.0. The number of fused-ring (bicyclic) bond motifs is 1. The summed E-state index contributed by atoms with van der Waals surface area (Å²) in [5.41, 5.74) is 5.57. The second kappa shape index (κ2) is 11.4. The summed E-state index contributed by atoms with van der Waals surface area (Å²) in [6, 6.07) is 12.3. The van der Waals surface area contributed by atoms with Crippen LogP contribution in [0.15, 0.2) is 46.9 Å². The van der Waals surface area contributed by atoms with Gasteiger partial charge in [-0.05, 0) is 54.5 Å². The number of allylic oxidation sites excluding steroid dienone is 1. The molecular formula is C29H35FO4. The average Bonchev–Trinajstić information content (AvgIpc) is 3.23. The van der Waals surface area contributed by atoms with Crippen LogP contribution in [0, 0.1) is 0 Å². The number of esters is 1. The number of carbonyl (C=O) groups excluding carboxylic acids is 1. The molecule has 182 valence electrons. The molecule has 0 aliphatic heterocycles. The fraction of sp³-hybridized carbons (Fsp3) is 0.414. The number of para-hydroxylation sites is 1. The molecule has 3 aromatic rings. The molecule has 0 radical (unpaired) electrons. The van der Waals surface area contributed by atoms with E-state index in [4.69, 9.17) is 13.9 Å². The van der Waals surface area contributed by atoms with Crippen LogP contribution in [0.2, 0.25) is 0 Å². The van der Waals surface area contributed by atoms with Crippen molar-refractivity contribution in [3.63, 3.8) is 0 Å². The van der Waals surface area contributed by atoms with E-state index in [1.54, 1.807) is 6.92 Å². The Kier molecular flexibility index (Phi) is 8.54. The van der Waals surface area contributed by atoms with Crippen LogP contribution in [0.1, 0.15) is 76.7 Å². The third kappa shape index (κ3) is 5.69. The lowest BCUT2D eigenvalue weighted by molar-refractivity contribution is -0.137. The second-order valence-corrected chi connectivity index (χ2v) is 9.10. The largest absolute Gasteiger partial charge is 0.493 e. The van der Waals surface area contributed by atoms with Gasteiger partial charge in [-0.2, -0.15) is 0 Å². The molecule has 0 aliphatic rings. The van der Waals surface area contributed by atoms with Crippen molar-refractivity contribution in [1.29, 1.82) is 0 Å². The number of benzene rings is 2. The normalized spacial score (nSPS) is 12.1. The van der Waals surface area contributed by atoms with Crippen molar-refractivity contribution in [2.75, 3.05) is 19.9 Å². The summed E-state index contributed by atoms with van der Waals surface area (Å²) in [6.07, 6.45) is 1.79. The first-order valence-electron chi connectivity index (χ1n) is 12.0. The van der Waals surface area contributed by atoms with Gasteiger partial charge in [0.1, 0.15) is 17.1 Å². The number of rotatable bonds is 10. The summed E-state index contributed by atoms with van der Waals surface area (Å²) in [5.74, 6) is 1.56. The van der Waals surface area contributed by atoms with Crippen LogP contribution in [0.5, 0.6) is 5.75 Å². The summed E-state index contributed by atoms with van der Waals surface area (Å²) in [5, 5.41) is 0.930. The van der Waals surface area contributed by atoms with Crippen molar-refractivity contribution in [1.82, 2.24) is 0 Å². The Bertz CT molecular complexity index is 1170. The van der Waals surface area contributed by atoms with Gasteiger partial charge in [-0.1, -0.05) is 52.0 Å². The number of furan rings is 1. The number of halogens is 1. The van der Waals surface area contributed by atoms with Crippen LogP contribution in [-0.4, -0.2) is 25.9 Å². The lowest BCUT2D eigenvalue weighted by atomic mass is 9.89. The molecule has 1 heterocycles. The first-order chi connectivity index (χ1) is 16.3. The first kappa shape index (κ1) is 25.5. The van der Waals surface area contributed by atoms with Gasteiger partial charge in [-0.25, -0.2) is 4.79 Å². The smallest absolute Gasteiger partial charge is 0.331 e. The maximum Gasteiger partial charge on any atom is 0.331 e. The molecule has 0 saturated carbocycles. The van der Waals surface area contributed by atoms with Gasteiger partial charge in [0.25, 0.3) is 0 Å². The van der Waals surface area contributed by atoms with E-state index < -0.39 is 12.6 Å². The standard InChI is InChI=1S/C29H35FO4/c1-7-32-27(31)14-20(6)26-17-21-10-8-11-23(28(21)34-26)25-16-22(18(2)3)15-24(19(4)5)29(25)33-13-9-12-30/h8,10-11,14-19H,7,9,12-13H2,1-6H3/b20-14-. The predicted molar refractivity (Wildman–Crippen MR) is 136 cm³/mol. The SMILES string of the molecule is CCOC(=O)/C=C(/C)c1cc2cccc(-c3cc(C(C)C)cc(C(C)C)c3OCCCF)c2o1. The Morgan fingerprint density at radius 1 is 1.09 bits per heavy atom. The quantitative estimate of drug-likeness (QED) is 0.172. The Balaban J connectivity index is 2.21. The summed E-state index contributed by atoms with van der Waals surface area (Å²) in [6.45, 7) is 12.4. The topological polar surface area (TPSA) is 48.7 Å². The molecule has 0 spiro atoms. The molecule has 0 fully saturated rings. The van der Waals surface area contributed by atoms with E-state index in [2.05, 4.69) is 39.8 Å². The van der Waals surface area contributed by atoms with Gasteiger partial charge >= 0.3 is 5.97 Å². The van der Waals surface area contributed by atoms with Crippen LogP contribution >= 0.6 is 0 Å². The molecular weight excluding hydrogens is 431 g/mol. The van der Waals surface area contributed by atoms with Gasteiger partial charge in [0.2, 0.25) is 0 Å². The molecule has 34 heavy (non-hydrogen) atoms. The monoisotopic (exact) mass is 466 g/mol. The number of ether oxygens (including phenoxy) is 2. The third-order valence-corrected chi connectivity index (χ3v) is 5.80.